The molecular weight excluding hydrogens is 705 g/mol. The molecule has 13 nitrogen and oxygen atoms in total. The van der Waals surface area contributed by atoms with E-state index < -0.39 is 68.6 Å². The molecule has 52 heavy (non-hydrogen) atoms. The van der Waals surface area contributed by atoms with Gasteiger partial charge >= 0.3 is 6.03 Å². The average Bonchev–Trinajstić information content (AvgIpc) is 3.33. The molecule has 0 bridgehead atoms. The standard InChI is InChI=1S/C37H56N6O7S2/c1-36(2,3)28(20-42-19-26-27(15-16-51-26)52(42,49)50)40-35(48)41-31(37(4,5)6)34(47)43-18-22-11-8-12-24(22)29(43)32(45)39-25(17-21-9-7-10-21)30(44)33(46)38-23-13-14-23/h15-16,21-25,28-29,31H,7-14,17-20H2,1-6H3,(H,38,46)(H,39,45)(H2,40,41,48)/t22-,24-,25?,28+,29-,31+/m0/s1. The van der Waals surface area contributed by atoms with Crippen molar-refractivity contribution in [2.45, 2.75) is 141 Å². The topological polar surface area (TPSA) is 174 Å². The van der Waals surface area contributed by atoms with Crippen molar-refractivity contribution in [3.05, 3.63) is 16.3 Å². The van der Waals surface area contributed by atoms with Crippen LogP contribution in [0.4, 0.5) is 4.79 Å². The number of likely N-dealkylation sites (tertiary alicyclic amines) is 1. The van der Waals surface area contributed by atoms with Gasteiger partial charge in [-0.2, -0.15) is 4.31 Å². The van der Waals surface area contributed by atoms with E-state index >= 15 is 0 Å². The van der Waals surface area contributed by atoms with Gasteiger partial charge in [0.05, 0.1) is 10.9 Å². The third kappa shape index (κ3) is 8.20. The van der Waals surface area contributed by atoms with Gasteiger partial charge in [-0.3, -0.25) is 19.2 Å². The highest BCUT2D eigenvalue weighted by molar-refractivity contribution is 7.89. The Labute approximate surface area is 311 Å². The molecule has 0 spiro atoms. The Hall–Kier alpha value is -3.04. The Morgan fingerprint density at radius 1 is 0.904 bits per heavy atom. The van der Waals surface area contributed by atoms with Gasteiger partial charge in [0.2, 0.25) is 27.6 Å². The molecule has 6 atom stereocenters. The summed E-state index contributed by atoms with van der Waals surface area (Å²) in [6, 6.07) is -2.37. The normalized spacial score (nSPS) is 26.0. The summed E-state index contributed by atoms with van der Waals surface area (Å²) in [5.41, 5.74) is -1.27. The molecule has 3 heterocycles. The Morgan fingerprint density at radius 2 is 1.60 bits per heavy atom. The molecule has 4 fully saturated rings. The molecule has 5 aliphatic rings. The monoisotopic (exact) mass is 760 g/mol. The largest absolute Gasteiger partial charge is 0.347 e. The molecule has 2 aliphatic heterocycles. The number of thiophene rings is 1. The minimum absolute atomic E-state index is 0.0129. The first kappa shape index (κ1) is 38.7. The minimum Gasteiger partial charge on any atom is -0.347 e. The molecular formula is C37H56N6O7S2. The van der Waals surface area contributed by atoms with Crippen molar-refractivity contribution in [1.82, 2.24) is 30.5 Å². The van der Waals surface area contributed by atoms with E-state index in [1.54, 1.807) is 16.3 Å². The van der Waals surface area contributed by atoms with Crippen molar-refractivity contribution < 1.29 is 32.4 Å². The van der Waals surface area contributed by atoms with Gasteiger partial charge in [0.25, 0.3) is 5.91 Å². The Bertz CT molecular complexity index is 1670. The second-order valence-electron chi connectivity index (χ2n) is 17.8. The van der Waals surface area contributed by atoms with E-state index in [0.717, 1.165) is 56.2 Å². The van der Waals surface area contributed by atoms with Crippen LogP contribution in [0, 0.1) is 28.6 Å². The summed E-state index contributed by atoms with van der Waals surface area (Å²) in [7, 11) is -3.68. The number of urea groups is 1. The summed E-state index contributed by atoms with van der Waals surface area (Å²) in [5, 5.41) is 13.4. The van der Waals surface area contributed by atoms with Gasteiger partial charge in [-0.1, -0.05) is 67.2 Å². The van der Waals surface area contributed by atoms with Crippen molar-refractivity contribution in [2.75, 3.05) is 13.1 Å². The number of nitrogens with one attached hydrogen (secondary N) is 4. The van der Waals surface area contributed by atoms with E-state index in [1.165, 1.54) is 15.6 Å². The number of carbonyl (C=O) groups is 5. The zero-order valence-corrected chi connectivity index (χ0v) is 33.0. The summed E-state index contributed by atoms with van der Waals surface area (Å²) >= 11 is 1.39. The average molecular weight is 761 g/mol. The summed E-state index contributed by atoms with van der Waals surface area (Å²) in [6.45, 7) is 12.0. The second-order valence-corrected chi connectivity index (χ2v) is 20.7. The maximum atomic E-state index is 14.6. The van der Waals surface area contributed by atoms with Gasteiger partial charge < -0.3 is 26.2 Å². The van der Waals surface area contributed by atoms with Crippen LogP contribution in [0.2, 0.25) is 0 Å². The van der Waals surface area contributed by atoms with Gasteiger partial charge in [0.1, 0.15) is 12.1 Å². The highest BCUT2D eigenvalue weighted by atomic mass is 32.2. The van der Waals surface area contributed by atoms with Crippen molar-refractivity contribution in [1.29, 1.82) is 0 Å². The summed E-state index contributed by atoms with van der Waals surface area (Å²) in [6.07, 6.45) is 7.61. The minimum atomic E-state index is -3.68. The number of amides is 5. The van der Waals surface area contributed by atoms with Crippen LogP contribution in [-0.4, -0.2) is 90.5 Å². The van der Waals surface area contributed by atoms with Crippen molar-refractivity contribution >= 4 is 50.9 Å². The first-order valence-corrected chi connectivity index (χ1v) is 21.3. The Balaban J connectivity index is 1.17. The number of ketones is 1. The third-order valence-corrected chi connectivity index (χ3v) is 14.7. The van der Waals surface area contributed by atoms with E-state index in [2.05, 4.69) is 21.3 Å². The quantitative estimate of drug-likeness (QED) is 0.236. The molecule has 1 unspecified atom stereocenters. The van der Waals surface area contributed by atoms with Crippen LogP contribution in [0.1, 0.15) is 104 Å². The number of hydrogen-bond acceptors (Lipinski definition) is 8. The predicted molar refractivity (Wildman–Crippen MR) is 196 cm³/mol. The summed E-state index contributed by atoms with van der Waals surface area (Å²) in [5.74, 6) is -1.83. The molecule has 4 N–H and O–H groups in total. The van der Waals surface area contributed by atoms with E-state index in [-0.39, 0.29) is 42.8 Å². The van der Waals surface area contributed by atoms with E-state index in [0.29, 0.717) is 17.9 Å². The van der Waals surface area contributed by atoms with Crippen LogP contribution in [0.5, 0.6) is 0 Å². The van der Waals surface area contributed by atoms with Crippen molar-refractivity contribution in [3.8, 4) is 0 Å². The lowest BCUT2D eigenvalue weighted by molar-refractivity contribution is -0.144. The van der Waals surface area contributed by atoms with Crippen LogP contribution >= 0.6 is 11.3 Å². The van der Waals surface area contributed by atoms with Crippen LogP contribution in [0.15, 0.2) is 16.3 Å². The highest BCUT2D eigenvalue weighted by Gasteiger charge is 2.52. The number of rotatable bonds is 12. The van der Waals surface area contributed by atoms with E-state index in [9.17, 15) is 32.4 Å². The number of carbonyl (C=O) groups excluding carboxylic acids is 5. The zero-order chi connectivity index (χ0) is 37.7. The predicted octanol–water partition coefficient (Wildman–Crippen LogP) is 3.53. The molecule has 1 aromatic rings. The van der Waals surface area contributed by atoms with Gasteiger partial charge in [-0.15, -0.1) is 11.3 Å². The lowest BCUT2D eigenvalue weighted by Gasteiger charge is -2.38. The molecule has 0 aromatic carbocycles. The molecule has 1 saturated heterocycles. The van der Waals surface area contributed by atoms with E-state index in [1.807, 2.05) is 41.5 Å². The third-order valence-electron chi connectivity index (χ3n) is 11.8. The van der Waals surface area contributed by atoms with Gasteiger partial charge in [-0.05, 0) is 72.1 Å². The summed E-state index contributed by atoms with van der Waals surface area (Å²) < 4.78 is 27.9. The maximum Gasteiger partial charge on any atom is 0.315 e. The first-order chi connectivity index (χ1) is 24.3. The SMILES string of the molecule is CC(C)(C)[C@H](NC(=O)N[C@H](CN1Cc2sccc2S1(=O)=O)C(C)(C)C)C(=O)N1C[C@@H]2CCC[C@@H]2[C@H]1C(=O)NC(CC1CCC1)C(=O)C(=O)NC1CC1. The van der Waals surface area contributed by atoms with E-state index in [4.69, 9.17) is 0 Å². The molecule has 3 saturated carbocycles. The molecule has 15 heteroatoms. The van der Waals surface area contributed by atoms with Gasteiger partial charge in [-0.25, -0.2) is 13.2 Å². The Kier molecular flexibility index (Phi) is 10.9. The number of sulfonamides is 1. The fraction of sp³-hybridized carbons (Fsp3) is 0.757. The second kappa shape index (κ2) is 14.7. The molecule has 288 valence electrons. The molecule has 6 rings (SSSR count). The summed E-state index contributed by atoms with van der Waals surface area (Å²) in [4.78, 5) is 71.5. The molecule has 1 aromatic heterocycles. The molecule has 3 aliphatic carbocycles. The fourth-order valence-corrected chi connectivity index (χ4v) is 11.1. The first-order valence-electron chi connectivity index (χ1n) is 18.9. The zero-order valence-electron chi connectivity index (χ0n) is 31.3. The highest BCUT2D eigenvalue weighted by Crippen LogP contribution is 2.43. The van der Waals surface area contributed by atoms with Crippen LogP contribution < -0.4 is 21.3 Å². The van der Waals surface area contributed by atoms with Crippen molar-refractivity contribution in [3.63, 3.8) is 0 Å². The van der Waals surface area contributed by atoms with Crippen LogP contribution in [-0.2, 0) is 35.7 Å². The molecule has 0 radical (unpaired) electrons. The smallest absolute Gasteiger partial charge is 0.315 e. The Morgan fingerprint density at radius 3 is 2.19 bits per heavy atom. The fourth-order valence-electron chi connectivity index (χ4n) is 8.17. The maximum absolute atomic E-state index is 14.6. The number of nitrogens with zero attached hydrogens (tertiary/aromatic N) is 2. The number of fused-ring (bicyclic) bond motifs is 2. The van der Waals surface area contributed by atoms with Crippen LogP contribution in [0.25, 0.3) is 0 Å². The lowest BCUT2D eigenvalue weighted by Crippen LogP contribution is -2.62. The lowest BCUT2D eigenvalue weighted by atomic mass is 9.80. The molecule has 5 amide bonds. The van der Waals surface area contributed by atoms with Crippen molar-refractivity contribution in [2.24, 2.45) is 28.6 Å². The van der Waals surface area contributed by atoms with Crippen LogP contribution in [0.3, 0.4) is 0 Å². The number of hydrogen-bond donors (Lipinski definition) is 4. The van der Waals surface area contributed by atoms with Gasteiger partial charge in [0, 0.05) is 36.6 Å². The van der Waals surface area contributed by atoms with Gasteiger partial charge in [0.15, 0.2) is 0 Å². The number of Topliss-reactive ketones (excluding diaryl/α,β-unsaturated/α-hetero) is 1.